The molecule has 4 heteroatoms. The van der Waals surface area contributed by atoms with Crippen molar-refractivity contribution in [3.63, 3.8) is 0 Å². The minimum Gasteiger partial charge on any atom is -0.435 e. The second kappa shape index (κ2) is 3.35. The van der Waals surface area contributed by atoms with Crippen LogP contribution in [-0.4, -0.2) is 4.98 Å². The minimum absolute atomic E-state index is 0.608. The number of aromatic nitrogens is 1. The van der Waals surface area contributed by atoms with Crippen molar-refractivity contribution in [3.8, 4) is 10.8 Å². The maximum atomic E-state index is 5.84. The second-order valence-electron chi connectivity index (χ2n) is 3.65. The van der Waals surface area contributed by atoms with E-state index in [1.165, 1.54) is 0 Å². The van der Waals surface area contributed by atoms with Crippen molar-refractivity contribution in [1.29, 1.82) is 0 Å². The van der Waals surface area contributed by atoms with Gasteiger partial charge in [0.15, 0.2) is 5.58 Å². The molecule has 3 nitrogen and oxygen atoms in total. The first-order chi connectivity index (χ1) is 7.75. The Balaban J connectivity index is 2.27. The van der Waals surface area contributed by atoms with Gasteiger partial charge in [-0.05, 0) is 30.0 Å². The fourth-order valence-electron chi connectivity index (χ4n) is 1.68. The van der Waals surface area contributed by atoms with Crippen LogP contribution >= 0.6 is 11.3 Å². The van der Waals surface area contributed by atoms with E-state index in [-0.39, 0.29) is 0 Å². The molecule has 0 spiro atoms. The molecule has 0 aliphatic rings. The van der Waals surface area contributed by atoms with E-state index < -0.39 is 0 Å². The summed E-state index contributed by atoms with van der Waals surface area (Å²) in [5, 5.41) is 1.94. The van der Waals surface area contributed by atoms with Crippen LogP contribution in [0.5, 0.6) is 0 Å². The molecule has 3 aromatic rings. The van der Waals surface area contributed by atoms with Crippen LogP contribution in [0.4, 0.5) is 5.69 Å². The van der Waals surface area contributed by atoms with Crippen molar-refractivity contribution < 1.29 is 4.42 Å². The number of aryl methyl sites for hydroxylation is 1. The molecule has 0 aliphatic carbocycles. The van der Waals surface area contributed by atoms with Gasteiger partial charge in [0.25, 0.3) is 0 Å². The zero-order valence-corrected chi connectivity index (χ0v) is 9.54. The zero-order valence-electron chi connectivity index (χ0n) is 8.73. The lowest BCUT2D eigenvalue weighted by molar-refractivity contribution is 0.622. The number of hydrogen-bond donors (Lipinski definition) is 1. The first-order valence-electron chi connectivity index (χ1n) is 4.95. The number of thiophene rings is 1. The first-order valence-corrected chi connectivity index (χ1v) is 5.83. The Hall–Kier alpha value is -1.81. The summed E-state index contributed by atoms with van der Waals surface area (Å²) in [6, 6.07) is 7.77. The highest BCUT2D eigenvalue weighted by Crippen LogP contribution is 2.33. The summed E-state index contributed by atoms with van der Waals surface area (Å²) in [7, 11) is 0. The van der Waals surface area contributed by atoms with E-state index in [4.69, 9.17) is 10.2 Å². The van der Waals surface area contributed by atoms with Gasteiger partial charge in [0.2, 0.25) is 5.89 Å². The van der Waals surface area contributed by atoms with Crippen LogP contribution in [0.1, 0.15) is 5.56 Å². The normalized spacial score (nSPS) is 11.1. The highest BCUT2D eigenvalue weighted by Gasteiger charge is 2.12. The predicted octanol–water partition coefficient (Wildman–Crippen LogP) is 3.45. The van der Waals surface area contributed by atoms with Gasteiger partial charge in [0, 0.05) is 0 Å². The van der Waals surface area contributed by atoms with Gasteiger partial charge in [0.05, 0.1) is 5.69 Å². The highest BCUT2D eigenvalue weighted by molar-refractivity contribution is 7.14. The predicted molar refractivity (Wildman–Crippen MR) is 66.5 cm³/mol. The lowest BCUT2D eigenvalue weighted by Gasteiger charge is -1.90. The summed E-state index contributed by atoms with van der Waals surface area (Å²) in [6.07, 6.45) is 0. The quantitative estimate of drug-likeness (QED) is 0.696. The fraction of sp³-hybridized carbons (Fsp3) is 0.0833. The molecule has 80 valence electrons. The molecule has 0 saturated heterocycles. The Bertz CT molecular complexity index is 654. The summed E-state index contributed by atoms with van der Waals surface area (Å²) in [6.45, 7) is 2.02. The maximum Gasteiger partial charge on any atom is 0.239 e. The molecule has 0 radical (unpaired) electrons. The van der Waals surface area contributed by atoms with Gasteiger partial charge < -0.3 is 10.2 Å². The number of oxazole rings is 1. The van der Waals surface area contributed by atoms with Crippen molar-refractivity contribution in [1.82, 2.24) is 4.98 Å². The van der Waals surface area contributed by atoms with E-state index in [0.29, 0.717) is 11.6 Å². The molecular weight excluding hydrogens is 220 g/mol. The van der Waals surface area contributed by atoms with Gasteiger partial charge in [-0.2, -0.15) is 0 Å². The van der Waals surface area contributed by atoms with Gasteiger partial charge in [0.1, 0.15) is 10.4 Å². The molecule has 2 heterocycles. The molecule has 16 heavy (non-hydrogen) atoms. The van der Waals surface area contributed by atoms with Crippen LogP contribution in [0.2, 0.25) is 0 Å². The van der Waals surface area contributed by atoms with Crippen LogP contribution in [0.15, 0.2) is 34.1 Å². The molecule has 0 bridgehead atoms. The average molecular weight is 230 g/mol. The monoisotopic (exact) mass is 230 g/mol. The number of para-hydroxylation sites is 1. The smallest absolute Gasteiger partial charge is 0.239 e. The Morgan fingerprint density at radius 3 is 2.88 bits per heavy atom. The molecule has 1 aromatic carbocycles. The summed E-state index contributed by atoms with van der Waals surface area (Å²) in [5.41, 5.74) is 9.39. The largest absolute Gasteiger partial charge is 0.435 e. The number of fused-ring (bicyclic) bond motifs is 1. The molecule has 0 atom stereocenters. The second-order valence-corrected chi connectivity index (χ2v) is 4.56. The average Bonchev–Trinajstić information content (AvgIpc) is 2.84. The van der Waals surface area contributed by atoms with E-state index >= 15 is 0 Å². The maximum absolute atomic E-state index is 5.84. The standard InChI is InChI=1S/C12H10N2OS/c1-7-3-2-4-9-10(7)14-12(15-9)11-8(13)5-6-16-11/h2-6H,13H2,1H3. The Kier molecular flexibility index (Phi) is 1.97. The summed E-state index contributed by atoms with van der Waals surface area (Å²) >= 11 is 1.54. The third-order valence-corrected chi connectivity index (χ3v) is 3.43. The van der Waals surface area contributed by atoms with Gasteiger partial charge in [-0.3, -0.25) is 0 Å². The molecular formula is C12H10N2OS. The molecule has 0 unspecified atom stereocenters. The molecule has 0 saturated carbocycles. The molecule has 0 aliphatic heterocycles. The number of nitrogens with zero attached hydrogens (tertiary/aromatic N) is 1. The Labute approximate surface area is 96.5 Å². The van der Waals surface area contributed by atoms with E-state index in [1.54, 1.807) is 11.3 Å². The summed E-state index contributed by atoms with van der Waals surface area (Å²) in [4.78, 5) is 5.38. The number of rotatable bonds is 1. The van der Waals surface area contributed by atoms with Crippen LogP contribution in [-0.2, 0) is 0 Å². The van der Waals surface area contributed by atoms with Crippen LogP contribution in [0.3, 0.4) is 0 Å². The van der Waals surface area contributed by atoms with E-state index in [9.17, 15) is 0 Å². The van der Waals surface area contributed by atoms with Crippen LogP contribution in [0.25, 0.3) is 21.9 Å². The first kappa shape index (κ1) is 9.42. The van der Waals surface area contributed by atoms with E-state index in [2.05, 4.69) is 4.98 Å². The van der Waals surface area contributed by atoms with Gasteiger partial charge in [-0.25, -0.2) is 4.98 Å². The van der Waals surface area contributed by atoms with Gasteiger partial charge >= 0.3 is 0 Å². The van der Waals surface area contributed by atoms with Crippen LogP contribution in [0, 0.1) is 6.92 Å². The number of hydrogen-bond acceptors (Lipinski definition) is 4. The SMILES string of the molecule is Cc1cccc2oc(-c3sccc3N)nc12. The molecule has 0 amide bonds. The molecule has 3 rings (SSSR count). The van der Waals surface area contributed by atoms with Crippen molar-refractivity contribution in [2.24, 2.45) is 0 Å². The third kappa shape index (κ3) is 1.31. The fourth-order valence-corrected chi connectivity index (χ4v) is 2.42. The number of nitrogen functional groups attached to an aromatic ring is 1. The Morgan fingerprint density at radius 1 is 1.31 bits per heavy atom. The number of anilines is 1. The minimum atomic E-state index is 0.608. The highest BCUT2D eigenvalue weighted by atomic mass is 32.1. The zero-order chi connectivity index (χ0) is 11.1. The van der Waals surface area contributed by atoms with Crippen molar-refractivity contribution in [2.45, 2.75) is 6.92 Å². The molecule has 2 aromatic heterocycles. The lowest BCUT2D eigenvalue weighted by atomic mass is 10.2. The van der Waals surface area contributed by atoms with E-state index in [1.807, 2.05) is 36.6 Å². The Morgan fingerprint density at radius 2 is 2.19 bits per heavy atom. The van der Waals surface area contributed by atoms with Crippen molar-refractivity contribution >= 4 is 28.1 Å². The van der Waals surface area contributed by atoms with Gasteiger partial charge in [-0.1, -0.05) is 12.1 Å². The van der Waals surface area contributed by atoms with Gasteiger partial charge in [-0.15, -0.1) is 11.3 Å². The van der Waals surface area contributed by atoms with Crippen LogP contribution < -0.4 is 5.73 Å². The molecule has 2 N–H and O–H groups in total. The number of nitrogens with two attached hydrogens (primary N) is 1. The molecule has 0 fully saturated rings. The number of benzene rings is 1. The summed E-state index contributed by atoms with van der Waals surface area (Å²) < 4.78 is 5.69. The third-order valence-electron chi connectivity index (χ3n) is 2.51. The topological polar surface area (TPSA) is 52.0 Å². The summed E-state index contributed by atoms with van der Waals surface area (Å²) in [5.74, 6) is 0.608. The van der Waals surface area contributed by atoms with Crippen molar-refractivity contribution in [3.05, 3.63) is 35.2 Å². The lowest BCUT2D eigenvalue weighted by Crippen LogP contribution is -1.83. The van der Waals surface area contributed by atoms with E-state index in [0.717, 1.165) is 21.5 Å². The van der Waals surface area contributed by atoms with Crippen molar-refractivity contribution in [2.75, 3.05) is 5.73 Å².